The second-order valence-electron chi connectivity index (χ2n) is 2.86. The number of ether oxygens (including phenoxy) is 1. The fourth-order valence-corrected chi connectivity index (χ4v) is 1.69. The number of carbonyl (C=O) groups is 1. The first kappa shape index (κ1) is 16.1. The van der Waals surface area contributed by atoms with Crippen LogP contribution in [0.4, 0.5) is 13.2 Å². The Labute approximate surface area is 102 Å². The van der Waals surface area contributed by atoms with Gasteiger partial charge in [0.1, 0.15) is 7.11 Å². The van der Waals surface area contributed by atoms with Crippen LogP contribution in [0.3, 0.4) is 0 Å². The van der Waals surface area contributed by atoms with E-state index in [0.717, 1.165) is 11.8 Å². The third-order valence-electron chi connectivity index (χ3n) is 1.48. The van der Waals surface area contributed by atoms with Crippen LogP contribution in [0.25, 0.3) is 0 Å². The Morgan fingerprint density at radius 1 is 1.41 bits per heavy atom. The highest BCUT2D eigenvalue weighted by molar-refractivity contribution is 8.00. The molecule has 0 fully saturated rings. The molecule has 0 spiro atoms. The first-order valence-electron chi connectivity index (χ1n) is 4.82. The van der Waals surface area contributed by atoms with Crippen molar-refractivity contribution in [3.63, 3.8) is 0 Å². The zero-order valence-electron chi connectivity index (χ0n) is 9.54. The summed E-state index contributed by atoms with van der Waals surface area (Å²) in [6.07, 6.45) is -5.09. The van der Waals surface area contributed by atoms with Crippen molar-refractivity contribution < 1.29 is 27.5 Å². The van der Waals surface area contributed by atoms with Gasteiger partial charge in [0.2, 0.25) is 0 Å². The first-order chi connectivity index (χ1) is 7.90. The van der Waals surface area contributed by atoms with Crippen LogP contribution in [-0.2, 0) is 14.4 Å². The molecule has 0 unspecified atom stereocenters. The maximum Gasteiger partial charge on any atom is 0.389 e. The molecule has 0 radical (unpaired) electrons. The molecule has 0 aromatic carbocycles. The van der Waals surface area contributed by atoms with E-state index in [9.17, 15) is 18.0 Å². The van der Waals surface area contributed by atoms with E-state index in [1.807, 2.05) is 0 Å². The first-order valence-corrected chi connectivity index (χ1v) is 5.97. The summed E-state index contributed by atoms with van der Waals surface area (Å²) < 4.78 is 40.2. The molecular formula is C9H14F3NO3S. The lowest BCUT2D eigenvalue weighted by Gasteiger charge is -2.07. The van der Waals surface area contributed by atoms with E-state index in [0.29, 0.717) is 0 Å². The van der Waals surface area contributed by atoms with Gasteiger partial charge >= 0.3 is 12.1 Å². The monoisotopic (exact) mass is 273 g/mol. The number of nitrogens with zero attached hydrogens (tertiary/aromatic N) is 1. The van der Waals surface area contributed by atoms with Gasteiger partial charge in [0, 0.05) is 11.5 Å². The van der Waals surface area contributed by atoms with Gasteiger partial charge < -0.3 is 9.57 Å². The summed E-state index contributed by atoms with van der Waals surface area (Å²) in [7, 11) is 1.25. The molecule has 0 N–H and O–H groups in total. The minimum atomic E-state index is -4.19. The van der Waals surface area contributed by atoms with Crippen molar-refractivity contribution >= 4 is 23.4 Å². The summed E-state index contributed by atoms with van der Waals surface area (Å²) >= 11 is 0.951. The van der Waals surface area contributed by atoms with Crippen molar-refractivity contribution in [2.75, 3.05) is 25.2 Å². The topological polar surface area (TPSA) is 47.9 Å². The van der Waals surface area contributed by atoms with Crippen molar-refractivity contribution in [3.8, 4) is 0 Å². The average molecular weight is 273 g/mol. The molecule has 0 atom stereocenters. The highest BCUT2D eigenvalue weighted by atomic mass is 32.2. The van der Waals surface area contributed by atoms with E-state index in [2.05, 4.69) is 14.7 Å². The number of hydrogen-bond acceptors (Lipinski definition) is 5. The summed E-state index contributed by atoms with van der Waals surface area (Å²) in [4.78, 5) is 15.7. The van der Waals surface area contributed by atoms with E-state index < -0.39 is 18.6 Å². The number of hydrogen-bond donors (Lipinski definition) is 0. The predicted octanol–water partition coefficient (Wildman–Crippen LogP) is 2.24. The lowest BCUT2D eigenvalue weighted by atomic mass is 10.4. The standard InChI is InChI=1S/C9H14F3NO3S/c1-3-16-8(14)7(13-15-2)6-17-5-4-9(10,11)12/h3-6H2,1-2H3. The van der Waals surface area contributed by atoms with E-state index in [4.69, 9.17) is 0 Å². The van der Waals surface area contributed by atoms with E-state index in [-0.39, 0.29) is 23.8 Å². The fraction of sp³-hybridized carbons (Fsp3) is 0.778. The Bertz CT molecular complexity index is 269. The minimum absolute atomic E-state index is 0.0264. The average Bonchev–Trinajstić information content (AvgIpc) is 2.21. The quantitative estimate of drug-likeness (QED) is 0.309. The van der Waals surface area contributed by atoms with Gasteiger partial charge in [0.25, 0.3) is 0 Å². The van der Waals surface area contributed by atoms with Gasteiger partial charge in [-0.15, -0.1) is 0 Å². The molecule has 0 aliphatic heterocycles. The molecule has 0 amide bonds. The third-order valence-corrected chi connectivity index (χ3v) is 2.45. The predicted molar refractivity (Wildman–Crippen MR) is 59.1 cm³/mol. The number of esters is 1. The number of oxime groups is 1. The van der Waals surface area contributed by atoms with Crippen molar-refractivity contribution in [2.24, 2.45) is 5.16 Å². The largest absolute Gasteiger partial charge is 0.461 e. The van der Waals surface area contributed by atoms with Gasteiger partial charge in [0.05, 0.1) is 13.0 Å². The molecule has 4 nitrogen and oxygen atoms in total. The summed E-state index contributed by atoms with van der Waals surface area (Å²) in [5.41, 5.74) is -0.0264. The highest BCUT2D eigenvalue weighted by Gasteiger charge is 2.26. The van der Waals surface area contributed by atoms with Crippen LogP contribution >= 0.6 is 11.8 Å². The molecule has 0 aromatic rings. The second kappa shape index (κ2) is 8.21. The van der Waals surface area contributed by atoms with Crippen LogP contribution in [0.15, 0.2) is 5.16 Å². The molecule has 17 heavy (non-hydrogen) atoms. The third kappa shape index (κ3) is 8.84. The van der Waals surface area contributed by atoms with Crippen LogP contribution in [0.1, 0.15) is 13.3 Å². The molecule has 0 bridgehead atoms. The highest BCUT2D eigenvalue weighted by Crippen LogP contribution is 2.22. The van der Waals surface area contributed by atoms with E-state index >= 15 is 0 Å². The van der Waals surface area contributed by atoms with Crippen molar-refractivity contribution in [1.82, 2.24) is 0 Å². The molecular weight excluding hydrogens is 259 g/mol. The number of halogens is 3. The van der Waals surface area contributed by atoms with Gasteiger partial charge in [-0.1, -0.05) is 5.16 Å². The molecule has 8 heteroatoms. The second-order valence-corrected chi connectivity index (χ2v) is 3.96. The zero-order chi connectivity index (χ0) is 13.3. The SMILES string of the molecule is CCOC(=O)C(CSCCC(F)(F)F)=NOC. The fourth-order valence-electron chi connectivity index (χ4n) is 0.804. The Kier molecular flexibility index (Phi) is 7.77. The summed E-state index contributed by atoms with van der Waals surface area (Å²) in [6.45, 7) is 1.80. The number of rotatable bonds is 7. The Morgan fingerprint density at radius 2 is 2.06 bits per heavy atom. The van der Waals surface area contributed by atoms with E-state index in [1.165, 1.54) is 7.11 Å². The lowest BCUT2D eigenvalue weighted by molar-refractivity contribution is -0.135. The number of alkyl halides is 3. The molecule has 0 aliphatic carbocycles. The van der Waals surface area contributed by atoms with Crippen molar-refractivity contribution in [3.05, 3.63) is 0 Å². The van der Waals surface area contributed by atoms with Crippen LogP contribution < -0.4 is 0 Å². The molecule has 0 saturated carbocycles. The molecule has 0 heterocycles. The number of carbonyl (C=O) groups excluding carboxylic acids is 1. The zero-order valence-corrected chi connectivity index (χ0v) is 10.4. The van der Waals surface area contributed by atoms with Gasteiger partial charge in [-0.2, -0.15) is 24.9 Å². The van der Waals surface area contributed by atoms with E-state index in [1.54, 1.807) is 6.92 Å². The van der Waals surface area contributed by atoms with Crippen LogP contribution in [0.5, 0.6) is 0 Å². The van der Waals surface area contributed by atoms with Gasteiger partial charge in [-0.05, 0) is 6.92 Å². The Balaban J connectivity index is 4.03. The van der Waals surface area contributed by atoms with Gasteiger partial charge in [-0.25, -0.2) is 4.79 Å². The summed E-state index contributed by atoms with van der Waals surface area (Å²) in [5, 5.41) is 3.42. The van der Waals surface area contributed by atoms with Crippen molar-refractivity contribution in [1.29, 1.82) is 0 Å². The molecule has 0 saturated heterocycles. The maximum absolute atomic E-state index is 11.8. The molecule has 100 valence electrons. The van der Waals surface area contributed by atoms with Crippen LogP contribution in [-0.4, -0.2) is 43.1 Å². The molecule has 0 aromatic heterocycles. The Hall–Kier alpha value is -0.920. The smallest absolute Gasteiger partial charge is 0.389 e. The van der Waals surface area contributed by atoms with Crippen LogP contribution in [0, 0.1) is 0 Å². The number of thioether (sulfide) groups is 1. The molecule has 0 aliphatic rings. The van der Waals surface area contributed by atoms with Crippen molar-refractivity contribution in [2.45, 2.75) is 19.5 Å². The lowest BCUT2D eigenvalue weighted by Crippen LogP contribution is -2.21. The maximum atomic E-state index is 11.8. The summed E-state index contributed by atoms with van der Waals surface area (Å²) in [6, 6.07) is 0. The minimum Gasteiger partial charge on any atom is -0.461 e. The van der Waals surface area contributed by atoms with Crippen LogP contribution in [0.2, 0.25) is 0 Å². The molecule has 0 rings (SSSR count). The normalized spacial score (nSPS) is 12.4. The summed E-state index contributed by atoms with van der Waals surface area (Å²) in [5.74, 6) is -0.775. The van der Waals surface area contributed by atoms with Gasteiger partial charge in [0.15, 0.2) is 5.71 Å². The van der Waals surface area contributed by atoms with Gasteiger partial charge in [-0.3, -0.25) is 0 Å². The Morgan fingerprint density at radius 3 is 2.53 bits per heavy atom.